The third kappa shape index (κ3) is 1.95. The highest BCUT2D eigenvalue weighted by Gasteiger charge is 2.49. The van der Waals surface area contributed by atoms with E-state index < -0.39 is 5.60 Å². The summed E-state index contributed by atoms with van der Waals surface area (Å²) >= 11 is 0. The molecule has 1 aliphatic rings. The molecule has 0 saturated heterocycles. The van der Waals surface area contributed by atoms with Crippen molar-refractivity contribution in [1.29, 1.82) is 0 Å². The molecular formula is C21H16O3. The SMILES string of the molecule is Cc1ccc(O)c(C2(c3ccccc3)OC(=O)c3ccccc32)c1. The van der Waals surface area contributed by atoms with Gasteiger partial charge < -0.3 is 9.84 Å². The van der Waals surface area contributed by atoms with Crippen molar-refractivity contribution in [1.82, 2.24) is 0 Å². The van der Waals surface area contributed by atoms with Gasteiger partial charge in [-0.3, -0.25) is 0 Å². The molecule has 0 amide bonds. The van der Waals surface area contributed by atoms with Gasteiger partial charge in [-0.15, -0.1) is 0 Å². The van der Waals surface area contributed by atoms with Crippen molar-refractivity contribution in [3.8, 4) is 5.75 Å². The Morgan fingerprint density at radius 1 is 0.875 bits per heavy atom. The minimum absolute atomic E-state index is 0.106. The smallest absolute Gasteiger partial charge is 0.340 e. The van der Waals surface area contributed by atoms with Crippen molar-refractivity contribution in [2.75, 3.05) is 0 Å². The highest BCUT2D eigenvalue weighted by molar-refractivity contribution is 5.96. The lowest BCUT2D eigenvalue weighted by Gasteiger charge is -2.31. The highest BCUT2D eigenvalue weighted by atomic mass is 16.6. The van der Waals surface area contributed by atoms with Crippen LogP contribution in [-0.4, -0.2) is 11.1 Å². The number of fused-ring (bicyclic) bond motifs is 1. The van der Waals surface area contributed by atoms with Gasteiger partial charge in [-0.25, -0.2) is 4.79 Å². The summed E-state index contributed by atoms with van der Waals surface area (Å²) in [6.45, 7) is 1.95. The number of hydrogen-bond acceptors (Lipinski definition) is 3. The fourth-order valence-corrected chi connectivity index (χ4v) is 3.39. The molecule has 3 heteroatoms. The van der Waals surface area contributed by atoms with Crippen LogP contribution in [0.4, 0.5) is 0 Å². The first kappa shape index (κ1) is 14.5. The molecule has 1 atom stereocenters. The van der Waals surface area contributed by atoms with Crippen LogP contribution in [0.15, 0.2) is 72.8 Å². The van der Waals surface area contributed by atoms with Crippen molar-refractivity contribution >= 4 is 5.97 Å². The van der Waals surface area contributed by atoms with Gasteiger partial charge in [-0.05, 0) is 25.1 Å². The largest absolute Gasteiger partial charge is 0.507 e. The second-order valence-corrected chi connectivity index (χ2v) is 6.00. The fraction of sp³-hybridized carbons (Fsp3) is 0.0952. The minimum Gasteiger partial charge on any atom is -0.507 e. The van der Waals surface area contributed by atoms with Crippen LogP contribution in [-0.2, 0) is 10.3 Å². The number of esters is 1. The zero-order valence-electron chi connectivity index (χ0n) is 13.2. The highest BCUT2D eigenvalue weighted by Crippen LogP contribution is 2.49. The average Bonchev–Trinajstić information content (AvgIpc) is 2.92. The number of cyclic esters (lactones) is 1. The first-order valence-corrected chi connectivity index (χ1v) is 7.81. The molecule has 3 nitrogen and oxygen atoms in total. The molecule has 1 heterocycles. The predicted octanol–water partition coefficient (Wildman–Crippen LogP) is 4.16. The first-order chi connectivity index (χ1) is 11.6. The van der Waals surface area contributed by atoms with Crippen LogP contribution in [0.3, 0.4) is 0 Å². The van der Waals surface area contributed by atoms with Crippen LogP contribution < -0.4 is 0 Å². The van der Waals surface area contributed by atoms with Crippen molar-refractivity contribution in [2.45, 2.75) is 12.5 Å². The van der Waals surface area contributed by atoms with E-state index in [0.29, 0.717) is 11.1 Å². The molecule has 24 heavy (non-hydrogen) atoms. The monoisotopic (exact) mass is 316 g/mol. The third-order valence-electron chi connectivity index (χ3n) is 4.48. The van der Waals surface area contributed by atoms with Gasteiger partial charge in [-0.2, -0.15) is 0 Å². The summed E-state index contributed by atoms with van der Waals surface area (Å²) in [4.78, 5) is 12.5. The van der Waals surface area contributed by atoms with E-state index in [2.05, 4.69) is 0 Å². The number of carbonyl (C=O) groups excluding carboxylic acids is 1. The Morgan fingerprint density at radius 3 is 2.38 bits per heavy atom. The Balaban J connectivity index is 2.11. The summed E-state index contributed by atoms with van der Waals surface area (Å²) in [5.41, 5.74) is 2.52. The van der Waals surface area contributed by atoms with Crippen LogP contribution in [0.2, 0.25) is 0 Å². The molecule has 3 aromatic carbocycles. The summed E-state index contributed by atoms with van der Waals surface area (Å²) in [6, 6.07) is 22.2. The molecule has 0 fully saturated rings. The maximum atomic E-state index is 12.5. The van der Waals surface area contributed by atoms with Gasteiger partial charge in [0.2, 0.25) is 0 Å². The van der Waals surface area contributed by atoms with E-state index in [1.165, 1.54) is 0 Å². The van der Waals surface area contributed by atoms with Gasteiger partial charge in [0.25, 0.3) is 0 Å². The second-order valence-electron chi connectivity index (χ2n) is 6.00. The van der Waals surface area contributed by atoms with Crippen molar-refractivity contribution in [3.63, 3.8) is 0 Å². The Hall–Kier alpha value is -3.07. The van der Waals surface area contributed by atoms with Crippen LogP contribution in [0.5, 0.6) is 5.75 Å². The number of rotatable bonds is 2. The topological polar surface area (TPSA) is 46.5 Å². The molecule has 1 N–H and O–H groups in total. The van der Waals surface area contributed by atoms with E-state index in [9.17, 15) is 9.90 Å². The Bertz CT molecular complexity index is 931. The molecule has 118 valence electrons. The lowest BCUT2D eigenvalue weighted by Crippen LogP contribution is -2.29. The van der Waals surface area contributed by atoms with Crippen molar-refractivity contribution < 1.29 is 14.6 Å². The predicted molar refractivity (Wildman–Crippen MR) is 91.0 cm³/mol. The molecule has 1 unspecified atom stereocenters. The third-order valence-corrected chi connectivity index (χ3v) is 4.48. The summed E-state index contributed by atoms with van der Waals surface area (Å²) in [5.74, 6) is -0.274. The number of aryl methyl sites for hydroxylation is 1. The zero-order valence-corrected chi connectivity index (χ0v) is 13.2. The molecule has 0 aliphatic carbocycles. The van der Waals surface area contributed by atoms with Crippen LogP contribution in [0.25, 0.3) is 0 Å². The zero-order chi connectivity index (χ0) is 16.7. The average molecular weight is 316 g/mol. The summed E-state index contributed by atoms with van der Waals surface area (Å²) in [7, 11) is 0. The van der Waals surface area contributed by atoms with E-state index in [-0.39, 0.29) is 11.7 Å². The first-order valence-electron chi connectivity index (χ1n) is 7.81. The van der Waals surface area contributed by atoms with E-state index in [4.69, 9.17) is 4.74 Å². The number of phenolic OH excluding ortho intramolecular Hbond substituents is 1. The van der Waals surface area contributed by atoms with Gasteiger partial charge in [0.1, 0.15) is 5.75 Å². The lowest BCUT2D eigenvalue weighted by atomic mass is 9.79. The molecule has 0 aromatic heterocycles. The van der Waals surface area contributed by atoms with E-state index in [0.717, 1.165) is 16.7 Å². The maximum absolute atomic E-state index is 12.5. The minimum atomic E-state index is -1.13. The molecule has 0 bridgehead atoms. The normalized spacial score (nSPS) is 19.0. The Morgan fingerprint density at radius 2 is 1.58 bits per heavy atom. The van der Waals surface area contributed by atoms with Crippen LogP contribution >= 0.6 is 0 Å². The fourth-order valence-electron chi connectivity index (χ4n) is 3.39. The molecule has 0 spiro atoms. The maximum Gasteiger partial charge on any atom is 0.340 e. The van der Waals surface area contributed by atoms with Crippen molar-refractivity contribution in [2.24, 2.45) is 0 Å². The molecule has 1 aliphatic heterocycles. The second kappa shape index (κ2) is 5.24. The van der Waals surface area contributed by atoms with Gasteiger partial charge >= 0.3 is 5.97 Å². The van der Waals surface area contributed by atoms with E-state index in [1.807, 2.05) is 67.6 Å². The number of hydrogen-bond donors (Lipinski definition) is 1. The Labute approximate surface area is 140 Å². The van der Waals surface area contributed by atoms with Gasteiger partial charge in [0.15, 0.2) is 5.60 Å². The molecular weight excluding hydrogens is 300 g/mol. The van der Waals surface area contributed by atoms with Crippen molar-refractivity contribution in [3.05, 3.63) is 101 Å². The standard InChI is InChI=1S/C21H16O3/c1-14-11-12-19(22)18(13-14)21(15-7-3-2-4-8-15)17-10-6-5-9-16(17)20(23)24-21/h2-13,22H,1H3. The number of aromatic hydroxyl groups is 1. The quantitative estimate of drug-likeness (QED) is 0.722. The number of ether oxygens (including phenoxy) is 1. The lowest BCUT2D eigenvalue weighted by molar-refractivity contribution is 0.0245. The molecule has 4 rings (SSSR count). The summed E-state index contributed by atoms with van der Waals surface area (Å²) in [5, 5.41) is 10.5. The van der Waals surface area contributed by atoms with Gasteiger partial charge in [0, 0.05) is 16.7 Å². The van der Waals surface area contributed by atoms with Gasteiger partial charge in [-0.1, -0.05) is 60.2 Å². The van der Waals surface area contributed by atoms with E-state index in [1.54, 1.807) is 12.1 Å². The number of benzene rings is 3. The molecule has 0 saturated carbocycles. The van der Waals surface area contributed by atoms with Gasteiger partial charge in [0.05, 0.1) is 5.56 Å². The molecule has 0 radical (unpaired) electrons. The summed E-state index contributed by atoms with van der Waals surface area (Å²) in [6.07, 6.45) is 0. The molecule has 3 aromatic rings. The van der Waals surface area contributed by atoms with Crippen LogP contribution in [0, 0.1) is 6.92 Å². The van der Waals surface area contributed by atoms with Crippen LogP contribution in [0.1, 0.15) is 32.6 Å². The number of phenols is 1. The number of carbonyl (C=O) groups is 1. The van der Waals surface area contributed by atoms with E-state index >= 15 is 0 Å². The summed E-state index contributed by atoms with van der Waals surface area (Å²) < 4.78 is 5.93. The Kier molecular flexibility index (Phi) is 3.17.